The lowest BCUT2D eigenvalue weighted by Gasteiger charge is -2.28. The molecule has 6 heteroatoms. The molecule has 1 unspecified atom stereocenters. The standard InChI is InChI=1S/C15H24N2O3S/c1-10-8-14(9-15(16)11(10)2)21(18,19)17-12(3)13-4-6-20-7-5-13/h8-9,12-13,17H,4-7,16H2,1-3H3. The van der Waals surface area contributed by atoms with E-state index in [-0.39, 0.29) is 10.9 Å². The zero-order chi connectivity index (χ0) is 15.6. The summed E-state index contributed by atoms with van der Waals surface area (Å²) in [4.78, 5) is 0.238. The van der Waals surface area contributed by atoms with E-state index < -0.39 is 10.0 Å². The molecule has 0 radical (unpaired) electrons. The van der Waals surface area contributed by atoms with E-state index in [4.69, 9.17) is 10.5 Å². The molecule has 1 fully saturated rings. The molecular formula is C15H24N2O3S. The Hall–Kier alpha value is -1.11. The smallest absolute Gasteiger partial charge is 0.240 e. The Kier molecular flexibility index (Phi) is 4.91. The molecule has 0 saturated carbocycles. The van der Waals surface area contributed by atoms with Gasteiger partial charge in [0.2, 0.25) is 10.0 Å². The van der Waals surface area contributed by atoms with Gasteiger partial charge in [0.1, 0.15) is 0 Å². The van der Waals surface area contributed by atoms with Crippen molar-refractivity contribution >= 4 is 15.7 Å². The predicted molar refractivity (Wildman–Crippen MR) is 83.7 cm³/mol. The molecule has 0 aromatic heterocycles. The molecule has 1 atom stereocenters. The highest BCUT2D eigenvalue weighted by Crippen LogP contribution is 2.24. The number of nitrogens with two attached hydrogens (primary N) is 1. The van der Waals surface area contributed by atoms with Gasteiger partial charge in [-0.1, -0.05) is 0 Å². The van der Waals surface area contributed by atoms with Gasteiger partial charge in [-0.25, -0.2) is 13.1 Å². The van der Waals surface area contributed by atoms with Crippen LogP contribution in [-0.2, 0) is 14.8 Å². The Balaban J connectivity index is 2.18. The highest BCUT2D eigenvalue weighted by molar-refractivity contribution is 7.89. The van der Waals surface area contributed by atoms with Crippen LogP contribution in [0.15, 0.2) is 17.0 Å². The lowest BCUT2D eigenvalue weighted by Crippen LogP contribution is -2.40. The molecule has 1 aliphatic rings. The van der Waals surface area contributed by atoms with Crippen LogP contribution in [-0.4, -0.2) is 27.7 Å². The molecule has 1 saturated heterocycles. The minimum absolute atomic E-state index is 0.110. The Morgan fingerprint density at radius 3 is 2.48 bits per heavy atom. The third kappa shape index (κ3) is 3.75. The fourth-order valence-corrected chi connectivity index (χ4v) is 4.06. The van der Waals surface area contributed by atoms with Crippen LogP contribution in [0.4, 0.5) is 5.69 Å². The number of nitrogen functional groups attached to an aromatic ring is 1. The summed E-state index contributed by atoms with van der Waals surface area (Å²) in [7, 11) is -3.54. The molecule has 0 bridgehead atoms. The third-order valence-electron chi connectivity index (χ3n) is 4.31. The van der Waals surface area contributed by atoms with Crippen LogP contribution < -0.4 is 10.5 Å². The minimum atomic E-state index is -3.54. The normalized spacial score (nSPS) is 18.6. The van der Waals surface area contributed by atoms with Gasteiger partial charge in [0.25, 0.3) is 0 Å². The SMILES string of the molecule is Cc1cc(S(=O)(=O)NC(C)C2CCOCC2)cc(N)c1C. The third-order valence-corrected chi connectivity index (χ3v) is 5.84. The Morgan fingerprint density at radius 2 is 1.90 bits per heavy atom. The molecule has 1 aliphatic heterocycles. The van der Waals surface area contributed by atoms with Crippen LogP contribution in [0.3, 0.4) is 0 Å². The average Bonchev–Trinajstić information content (AvgIpc) is 2.44. The van der Waals surface area contributed by atoms with Crippen molar-refractivity contribution < 1.29 is 13.2 Å². The number of aryl methyl sites for hydroxylation is 1. The molecule has 0 amide bonds. The number of nitrogens with one attached hydrogen (secondary N) is 1. The van der Waals surface area contributed by atoms with E-state index >= 15 is 0 Å². The van der Waals surface area contributed by atoms with Crippen molar-refractivity contribution in [2.75, 3.05) is 18.9 Å². The van der Waals surface area contributed by atoms with Crippen molar-refractivity contribution in [1.29, 1.82) is 0 Å². The number of rotatable bonds is 4. The first-order valence-electron chi connectivity index (χ1n) is 7.28. The van der Waals surface area contributed by atoms with Crippen LogP contribution in [0.25, 0.3) is 0 Å². The number of sulfonamides is 1. The second-order valence-electron chi connectivity index (χ2n) is 5.81. The van der Waals surface area contributed by atoms with Crippen LogP contribution in [0.1, 0.15) is 30.9 Å². The molecule has 2 rings (SSSR count). The summed E-state index contributed by atoms with van der Waals surface area (Å²) in [6.45, 7) is 7.07. The highest BCUT2D eigenvalue weighted by atomic mass is 32.2. The van der Waals surface area contributed by atoms with Gasteiger partial charge >= 0.3 is 0 Å². The predicted octanol–water partition coefficient (Wildman–Crippen LogP) is 1.98. The maximum atomic E-state index is 12.5. The summed E-state index contributed by atoms with van der Waals surface area (Å²) >= 11 is 0. The van der Waals surface area contributed by atoms with E-state index in [1.54, 1.807) is 6.07 Å². The molecule has 1 aromatic carbocycles. The van der Waals surface area contributed by atoms with Crippen LogP contribution in [0, 0.1) is 19.8 Å². The second kappa shape index (κ2) is 6.34. The van der Waals surface area contributed by atoms with Crippen molar-refractivity contribution in [3.05, 3.63) is 23.3 Å². The average molecular weight is 312 g/mol. The van der Waals surface area contributed by atoms with Gasteiger partial charge in [0.15, 0.2) is 0 Å². The first-order valence-corrected chi connectivity index (χ1v) is 8.76. The maximum Gasteiger partial charge on any atom is 0.240 e. The molecule has 21 heavy (non-hydrogen) atoms. The number of ether oxygens (including phenoxy) is 1. The Labute approximate surface area is 126 Å². The van der Waals surface area contributed by atoms with E-state index in [0.29, 0.717) is 24.8 Å². The fourth-order valence-electron chi connectivity index (χ4n) is 2.63. The number of anilines is 1. The molecule has 1 heterocycles. The summed E-state index contributed by atoms with van der Waals surface area (Å²) in [6.07, 6.45) is 1.78. The van der Waals surface area contributed by atoms with Crippen LogP contribution in [0.2, 0.25) is 0 Å². The van der Waals surface area contributed by atoms with Crippen molar-refractivity contribution in [2.24, 2.45) is 5.92 Å². The van der Waals surface area contributed by atoms with E-state index in [9.17, 15) is 8.42 Å². The highest BCUT2D eigenvalue weighted by Gasteiger charge is 2.26. The lowest BCUT2D eigenvalue weighted by atomic mass is 9.94. The van der Waals surface area contributed by atoms with Gasteiger partial charge in [0.05, 0.1) is 4.90 Å². The summed E-state index contributed by atoms with van der Waals surface area (Å²) in [5.41, 5.74) is 8.20. The van der Waals surface area contributed by atoms with Crippen molar-refractivity contribution in [3.8, 4) is 0 Å². The molecule has 0 aliphatic carbocycles. The number of hydrogen-bond donors (Lipinski definition) is 2. The summed E-state index contributed by atoms with van der Waals surface area (Å²) in [6, 6.07) is 3.09. The molecule has 118 valence electrons. The molecular weight excluding hydrogens is 288 g/mol. The maximum absolute atomic E-state index is 12.5. The monoisotopic (exact) mass is 312 g/mol. The van der Waals surface area contributed by atoms with Crippen LogP contribution >= 0.6 is 0 Å². The van der Waals surface area contributed by atoms with E-state index in [1.807, 2.05) is 20.8 Å². The second-order valence-corrected chi connectivity index (χ2v) is 7.53. The first-order chi connectivity index (χ1) is 9.81. The van der Waals surface area contributed by atoms with Gasteiger partial charge in [-0.2, -0.15) is 0 Å². The quantitative estimate of drug-likeness (QED) is 0.833. The molecule has 1 aromatic rings. The van der Waals surface area contributed by atoms with Gasteiger partial charge in [0, 0.05) is 24.9 Å². The van der Waals surface area contributed by atoms with Crippen molar-refractivity contribution in [3.63, 3.8) is 0 Å². The van der Waals surface area contributed by atoms with Gasteiger partial charge in [-0.3, -0.25) is 0 Å². The zero-order valence-electron chi connectivity index (χ0n) is 12.8. The largest absolute Gasteiger partial charge is 0.398 e. The molecule has 3 N–H and O–H groups in total. The summed E-state index contributed by atoms with van der Waals surface area (Å²) < 4.78 is 33.1. The van der Waals surface area contributed by atoms with Crippen molar-refractivity contribution in [1.82, 2.24) is 4.72 Å². The van der Waals surface area contributed by atoms with Crippen LogP contribution in [0.5, 0.6) is 0 Å². The topological polar surface area (TPSA) is 81.4 Å². The van der Waals surface area contributed by atoms with Gasteiger partial charge in [-0.15, -0.1) is 0 Å². The fraction of sp³-hybridized carbons (Fsp3) is 0.600. The number of hydrogen-bond acceptors (Lipinski definition) is 4. The Morgan fingerprint density at radius 1 is 1.29 bits per heavy atom. The van der Waals surface area contributed by atoms with Gasteiger partial charge in [-0.05, 0) is 62.8 Å². The van der Waals surface area contributed by atoms with Gasteiger partial charge < -0.3 is 10.5 Å². The zero-order valence-corrected chi connectivity index (χ0v) is 13.7. The van der Waals surface area contributed by atoms with E-state index in [0.717, 1.165) is 24.0 Å². The summed E-state index contributed by atoms with van der Waals surface area (Å²) in [5, 5.41) is 0. The van der Waals surface area contributed by atoms with E-state index in [1.165, 1.54) is 6.07 Å². The first kappa shape index (κ1) is 16.3. The van der Waals surface area contributed by atoms with Crippen molar-refractivity contribution in [2.45, 2.75) is 44.6 Å². The Bertz CT molecular complexity index is 584. The minimum Gasteiger partial charge on any atom is -0.398 e. The van der Waals surface area contributed by atoms with E-state index in [2.05, 4.69) is 4.72 Å². The molecule has 0 spiro atoms. The molecule has 5 nitrogen and oxygen atoms in total. The lowest BCUT2D eigenvalue weighted by molar-refractivity contribution is 0.0585. The summed E-state index contributed by atoms with van der Waals surface area (Å²) in [5.74, 6) is 0.317. The number of benzene rings is 1.